The summed E-state index contributed by atoms with van der Waals surface area (Å²) in [6.45, 7) is 3.78. The van der Waals surface area contributed by atoms with E-state index in [1.54, 1.807) is 18.2 Å². The van der Waals surface area contributed by atoms with Crippen molar-refractivity contribution in [2.75, 3.05) is 0 Å². The lowest BCUT2D eigenvalue weighted by atomic mass is 9.97. The summed E-state index contributed by atoms with van der Waals surface area (Å²) in [6, 6.07) is 16.5. The fourth-order valence-electron chi connectivity index (χ4n) is 3.98. The Kier molecular flexibility index (Phi) is 7.23. The summed E-state index contributed by atoms with van der Waals surface area (Å²) in [5.74, 6) is 0.360. The van der Waals surface area contributed by atoms with Gasteiger partial charge in [-0.15, -0.1) is 0 Å². The number of thiophene rings is 1. The van der Waals surface area contributed by atoms with Crippen LogP contribution in [-0.4, -0.2) is 14.9 Å². The highest BCUT2D eigenvalue weighted by atomic mass is 35.5. The predicted molar refractivity (Wildman–Crippen MR) is 139 cm³/mol. The number of halogens is 1. The van der Waals surface area contributed by atoms with Gasteiger partial charge in [-0.25, -0.2) is 0 Å². The molecule has 0 aliphatic rings. The monoisotopic (exact) mass is 526 g/mol. The Labute approximate surface area is 214 Å². The zero-order chi connectivity index (χ0) is 23.8. The standard InChI is InChI=1S/C25H20ClN3O3S2.H3N/c1-14-21(15(2)32-28-14)16-7-9-17(10-8-16)22(18-11-12-33-13-18)29-25(31)23(24(30)27-29)34-20-6-4-3-5-19(20)26;/h3-13,22,31H,1-2H3,(H,27,30);1H3. The number of nitrogens with one attached hydrogen (secondary N) is 1. The van der Waals surface area contributed by atoms with Gasteiger partial charge >= 0.3 is 0 Å². The third-order valence-corrected chi connectivity index (χ3v) is 7.84. The quantitative estimate of drug-likeness (QED) is 0.265. The first-order valence-electron chi connectivity index (χ1n) is 10.4. The lowest BCUT2D eigenvalue weighted by Gasteiger charge is -2.24. The molecular formula is C25H23ClN4O3S2. The smallest absolute Gasteiger partial charge is 0.277 e. The van der Waals surface area contributed by atoms with Crippen LogP contribution in [0.15, 0.2) is 84.5 Å². The number of benzene rings is 2. The number of rotatable bonds is 6. The molecule has 0 radical (unpaired) electrons. The molecule has 5 aromatic rings. The molecule has 0 saturated carbocycles. The molecule has 0 spiro atoms. The van der Waals surface area contributed by atoms with Crippen molar-refractivity contribution in [1.82, 2.24) is 21.1 Å². The highest BCUT2D eigenvalue weighted by Crippen LogP contribution is 2.38. The van der Waals surface area contributed by atoms with E-state index in [-0.39, 0.29) is 16.9 Å². The average Bonchev–Trinajstić information content (AvgIpc) is 3.54. The van der Waals surface area contributed by atoms with Gasteiger partial charge in [0.05, 0.1) is 21.7 Å². The maximum absolute atomic E-state index is 13.4. The van der Waals surface area contributed by atoms with Gasteiger partial charge in [-0.1, -0.05) is 64.9 Å². The number of quaternary nitrogens is 1. The van der Waals surface area contributed by atoms with Crippen molar-refractivity contribution >= 4 is 34.7 Å². The molecule has 35 heavy (non-hydrogen) atoms. The van der Waals surface area contributed by atoms with Gasteiger partial charge in [0.2, 0.25) is 0 Å². The van der Waals surface area contributed by atoms with Gasteiger partial charge in [0.25, 0.3) is 5.56 Å². The van der Waals surface area contributed by atoms with E-state index in [9.17, 15) is 9.90 Å². The number of nitrogens with zero attached hydrogens (tertiary/aromatic N) is 2. The van der Waals surface area contributed by atoms with E-state index in [0.29, 0.717) is 9.92 Å². The molecule has 1 atom stereocenters. The SMILES string of the molecule is Cc1noc(C)c1-c1ccc(C(c2ccsc2)n2[nH]c(=O)c(Sc3ccccc3Cl)c2[O-])cc1.[NH4+]. The first kappa shape index (κ1) is 24.9. The number of hydrogen-bond donors (Lipinski definition) is 2. The van der Waals surface area contributed by atoms with E-state index in [2.05, 4.69) is 10.3 Å². The first-order valence-corrected chi connectivity index (χ1v) is 12.6. The van der Waals surface area contributed by atoms with Gasteiger partial charge in [-0.3, -0.25) is 14.6 Å². The van der Waals surface area contributed by atoms with Crippen molar-refractivity contribution in [2.45, 2.75) is 29.7 Å². The molecule has 180 valence electrons. The summed E-state index contributed by atoms with van der Waals surface area (Å²) in [4.78, 5) is 13.5. The summed E-state index contributed by atoms with van der Waals surface area (Å²) < 4.78 is 6.70. The Morgan fingerprint density at radius 1 is 1.11 bits per heavy atom. The van der Waals surface area contributed by atoms with E-state index >= 15 is 0 Å². The van der Waals surface area contributed by atoms with Crippen molar-refractivity contribution < 1.29 is 9.63 Å². The Hall–Kier alpha value is -3.24. The molecule has 0 fully saturated rings. The second-order valence-electron chi connectivity index (χ2n) is 7.76. The third kappa shape index (κ3) is 4.68. The molecule has 0 aliphatic carbocycles. The number of H-pyrrole nitrogens is 1. The molecule has 5 N–H and O–H groups in total. The molecule has 3 aromatic heterocycles. The molecule has 5 rings (SSSR count). The summed E-state index contributed by atoms with van der Waals surface area (Å²) in [6.07, 6.45) is 0. The maximum Gasteiger partial charge on any atom is 0.277 e. The highest BCUT2D eigenvalue weighted by molar-refractivity contribution is 7.99. The van der Waals surface area contributed by atoms with Crippen molar-refractivity contribution in [2.24, 2.45) is 0 Å². The molecule has 0 saturated heterocycles. The van der Waals surface area contributed by atoms with Crippen LogP contribution in [0.25, 0.3) is 11.1 Å². The summed E-state index contributed by atoms with van der Waals surface area (Å²) in [7, 11) is 0. The number of aryl methyl sites for hydroxylation is 2. The van der Waals surface area contributed by atoms with Gasteiger partial charge in [-0.05, 0) is 59.5 Å². The molecule has 0 amide bonds. The zero-order valence-electron chi connectivity index (χ0n) is 19.2. The van der Waals surface area contributed by atoms with Crippen molar-refractivity contribution in [3.8, 4) is 17.0 Å². The molecule has 0 bridgehead atoms. The summed E-state index contributed by atoms with van der Waals surface area (Å²) in [5, 5.41) is 24.6. The Morgan fingerprint density at radius 3 is 2.49 bits per heavy atom. The van der Waals surface area contributed by atoms with Gasteiger partial charge in [0, 0.05) is 16.3 Å². The maximum atomic E-state index is 13.4. The molecular weight excluding hydrogens is 504 g/mol. The van der Waals surface area contributed by atoms with Crippen LogP contribution in [0, 0.1) is 13.8 Å². The van der Waals surface area contributed by atoms with Gasteiger partial charge in [0.15, 0.2) is 0 Å². The largest absolute Gasteiger partial charge is 0.858 e. The highest BCUT2D eigenvalue weighted by Gasteiger charge is 2.22. The lowest BCUT2D eigenvalue weighted by Crippen LogP contribution is -2.17. The number of aromatic amines is 1. The normalized spacial score (nSPS) is 11.9. The molecule has 0 aliphatic heterocycles. The minimum Gasteiger partial charge on any atom is -0.858 e. The second kappa shape index (κ2) is 10.2. The minimum absolute atomic E-state index is 0. The van der Waals surface area contributed by atoms with E-state index in [4.69, 9.17) is 16.1 Å². The van der Waals surface area contributed by atoms with Crippen LogP contribution < -0.4 is 16.8 Å². The van der Waals surface area contributed by atoms with E-state index < -0.39 is 11.6 Å². The van der Waals surface area contributed by atoms with E-state index in [1.165, 1.54) is 16.0 Å². The van der Waals surface area contributed by atoms with Gasteiger partial charge < -0.3 is 15.8 Å². The van der Waals surface area contributed by atoms with Crippen LogP contribution in [0.5, 0.6) is 5.88 Å². The van der Waals surface area contributed by atoms with Crippen LogP contribution in [-0.2, 0) is 0 Å². The first-order chi connectivity index (χ1) is 16.4. The van der Waals surface area contributed by atoms with Crippen LogP contribution in [0.3, 0.4) is 0 Å². The summed E-state index contributed by atoms with van der Waals surface area (Å²) >= 11 is 8.86. The fraction of sp³-hybridized carbons (Fsp3) is 0.120. The zero-order valence-corrected chi connectivity index (χ0v) is 21.6. The molecule has 2 aromatic carbocycles. The van der Waals surface area contributed by atoms with Crippen LogP contribution in [0.2, 0.25) is 5.02 Å². The topological polar surface area (TPSA) is 123 Å². The van der Waals surface area contributed by atoms with Crippen LogP contribution in [0.1, 0.15) is 28.6 Å². The third-order valence-electron chi connectivity index (χ3n) is 5.56. The van der Waals surface area contributed by atoms with Gasteiger partial charge in [0.1, 0.15) is 5.76 Å². The van der Waals surface area contributed by atoms with E-state index in [1.807, 2.05) is 61.0 Å². The lowest BCUT2D eigenvalue weighted by molar-refractivity contribution is -0.284. The van der Waals surface area contributed by atoms with Crippen LogP contribution >= 0.6 is 34.7 Å². The van der Waals surface area contributed by atoms with Crippen molar-refractivity contribution in [3.05, 3.63) is 103 Å². The van der Waals surface area contributed by atoms with E-state index in [0.717, 1.165) is 45.5 Å². The second-order valence-corrected chi connectivity index (χ2v) is 10.00. The average molecular weight is 527 g/mol. The summed E-state index contributed by atoms with van der Waals surface area (Å²) in [5.41, 5.74) is 4.08. The Balaban J connectivity index is 0.00000289. The Morgan fingerprint density at radius 2 is 1.86 bits per heavy atom. The Bertz CT molecular complexity index is 1490. The fourth-order valence-corrected chi connectivity index (χ4v) is 5.76. The number of aromatic nitrogens is 3. The molecule has 1 unspecified atom stereocenters. The number of hydrogen-bond acceptors (Lipinski definition) is 6. The van der Waals surface area contributed by atoms with Crippen molar-refractivity contribution in [3.63, 3.8) is 0 Å². The van der Waals surface area contributed by atoms with Crippen molar-refractivity contribution in [1.29, 1.82) is 0 Å². The molecule has 10 heteroatoms. The predicted octanol–water partition coefficient (Wildman–Crippen LogP) is 6.40. The van der Waals surface area contributed by atoms with Crippen LogP contribution in [0.4, 0.5) is 0 Å². The van der Waals surface area contributed by atoms with Gasteiger partial charge in [-0.2, -0.15) is 11.3 Å². The minimum atomic E-state index is -0.481. The molecule has 7 nitrogen and oxygen atoms in total. The molecule has 3 heterocycles.